The summed E-state index contributed by atoms with van der Waals surface area (Å²) in [5.41, 5.74) is 2.39. The third-order valence-electron chi connectivity index (χ3n) is 3.10. The van der Waals surface area contributed by atoms with Gasteiger partial charge in [-0.3, -0.25) is 0 Å². The zero-order chi connectivity index (χ0) is 13.0. The molecule has 0 fully saturated rings. The Hall–Kier alpha value is -1.81. The number of benzene rings is 1. The highest BCUT2D eigenvalue weighted by atomic mass is 16.5. The summed E-state index contributed by atoms with van der Waals surface area (Å²) in [7, 11) is 3.69. The van der Waals surface area contributed by atoms with Crippen LogP contribution in [0.3, 0.4) is 0 Å². The van der Waals surface area contributed by atoms with E-state index in [2.05, 4.69) is 29.4 Å². The van der Waals surface area contributed by atoms with E-state index in [0.29, 0.717) is 0 Å². The molecule has 1 aromatic carbocycles. The van der Waals surface area contributed by atoms with Crippen LogP contribution in [0.4, 0.5) is 0 Å². The van der Waals surface area contributed by atoms with E-state index >= 15 is 0 Å². The van der Waals surface area contributed by atoms with Gasteiger partial charge in [0, 0.05) is 25.8 Å². The number of aromatic nitrogens is 2. The molecule has 96 valence electrons. The van der Waals surface area contributed by atoms with Crippen LogP contribution in [0.5, 0.6) is 5.75 Å². The van der Waals surface area contributed by atoms with E-state index in [-0.39, 0.29) is 6.04 Å². The first-order chi connectivity index (χ1) is 8.70. The molecule has 0 amide bonds. The molecule has 1 N–H and O–H groups in total. The molecule has 0 aliphatic heterocycles. The van der Waals surface area contributed by atoms with Crippen LogP contribution >= 0.6 is 0 Å². The lowest BCUT2D eigenvalue weighted by atomic mass is 10.1. The molecular weight excluding hydrogens is 226 g/mol. The van der Waals surface area contributed by atoms with Gasteiger partial charge >= 0.3 is 0 Å². The molecule has 1 atom stereocenters. The summed E-state index contributed by atoms with van der Waals surface area (Å²) in [5, 5.41) is 3.48. The first-order valence-electron chi connectivity index (χ1n) is 6.03. The summed E-state index contributed by atoms with van der Waals surface area (Å²) < 4.78 is 7.25. The minimum absolute atomic E-state index is 0.273. The monoisotopic (exact) mass is 245 g/mol. The van der Waals surface area contributed by atoms with E-state index in [1.807, 2.05) is 36.3 Å². The highest BCUT2D eigenvalue weighted by Gasteiger charge is 2.07. The van der Waals surface area contributed by atoms with Crippen molar-refractivity contribution in [3.8, 4) is 5.75 Å². The lowest BCUT2D eigenvalue weighted by Crippen LogP contribution is -2.19. The summed E-state index contributed by atoms with van der Waals surface area (Å²) >= 11 is 0. The van der Waals surface area contributed by atoms with Gasteiger partial charge in [0.05, 0.1) is 19.1 Å². The average molecular weight is 245 g/mol. The van der Waals surface area contributed by atoms with Crippen LogP contribution in [0, 0.1) is 0 Å². The van der Waals surface area contributed by atoms with Crippen molar-refractivity contribution in [1.82, 2.24) is 14.9 Å². The fourth-order valence-electron chi connectivity index (χ4n) is 1.84. The van der Waals surface area contributed by atoms with Crippen LogP contribution in [0.15, 0.2) is 36.8 Å². The van der Waals surface area contributed by atoms with Crippen LogP contribution in [-0.2, 0) is 13.6 Å². The molecule has 4 heteroatoms. The van der Waals surface area contributed by atoms with Crippen LogP contribution in [-0.4, -0.2) is 16.7 Å². The highest BCUT2D eigenvalue weighted by molar-refractivity contribution is 5.30. The standard InChI is InChI=1S/C14H19N3O/c1-11(12-5-4-6-14(7-12)18-3)16-9-13-8-15-10-17(13)2/h4-8,10-11,16H,9H2,1-3H3/t11-/m0/s1. The molecule has 4 nitrogen and oxygen atoms in total. The van der Waals surface area contributed by atoms with Crippen LogP contribution < -0.4 is 10.1 Å². The maximum atomic E-state index is 5.23. The molecule has 0 unspecified atom stereocenters. The average Bonchev–Trinajstić information content (AvgIpc) is 2.81. The lowest BCUT2D eigenvalue weighted by Gasteiger charge is -2.15. The predicted octanol–water partition coefficient (Wildman–Crippen LogP) is 2.28. The Morgan fingerprint density at radius 1 is 1.44 bits per heavy atom. The predicted molar refractivity (Wildman–Crippen MR) is 71.5 cm³/mol. The number of rotatable bonds is 5. The van der Waals surface area contributed by atoms with Gasteiger partial charge in [0.15, 0.2) is 0 Å². The van der Waals surface area contributed by atoms with Crippen LogP contribution in [0.2, 0.25) is 0 Å². The molecule has 0 bridgehead atoms. The van der Waals surface area contributed by atoms with E-state index in [0.717, 1.165) is 12.3 Å². The number of nitrogens with one attached hydrogen (secondary N) is 1. The number of ether oxygens (including phenoxy) is 1. The molecule has 1 aromatic heterocycles. The Balaban J connectivity index is 1.99. The summed E-state index contributed by atoms with van der Waals surface area (Å²) in [5.74, 6) is 0.890. The van der Waals surface area contributed by atoms with E-state index in [9.17, 15) is 0 Å². The Labute approximate surface area is 108 Å². The van der Waals surface area contributed by atoms with Crippen molar-refractivity contribution in [3.05, 3.63) is 48.0 Å². The smallest absolute Gasteiger partial charge is 0.119 e. The molecular formula is C14H19N3O. The van der Waals surface area contributed by atoms with Crippen molar-refractivity contribution in [2.24, 2.45) is 7.05 Å². The van der Waals surface area contributed by atoms with Crippen molar-refractivity contribution >= 4 is 0 Å². The van der Waals surface area contributed by atoms with E-state index in [1.165, 1.54) is 11.3 Å². The summed E-state index contributed by atoms with van der Waals surface area (Å²) in [6, 6.07) is 8.40. The molecule has 0 radical (unpaired) electrons. The third-order valence-corrected chi connectivity index (χ3v) is 3.10. The second kappa shape index (κ2) is 5.69. The Morgan fingerprint density at radius 2 is 2.28 bits per heavy atom. The Morgan fingerprint density at radius 3 is 2.94 bits per heavy atom. The third kappa shape index (κ3) is 2.90. The van der Waals surface area contributed by atoms with Crippen molar-refractivity contribution in [2.45, 2.75) is 19.5 Å². The largest absolute Gasteiger partial charge is 0.497 e. The van der Waals surface area contributed by atoms with Crippen molar-refractivity contribution < 1.29 is 4.74 Å². The molecule has 0 aliphatic rings. The van der Waals surface area contributed by atoms with E-state index in [4.69, 9.17) is 4.74 Å². The molecule has 0 aliphatic carbocycles. The Kier molecular flexibility index (Phi) is 3.99. The second-order valence-corrected chi connectivity index (χ2v) is 4.38. The van der Waals surface area contributed by atoms with E-state index in [1.54, 1.807) is 7.11 Å². The van der Waals surface area contributed by atoms with Crippen molar-refractivity contribution in [2.75, 3.05) is 7.11 Å². The van der Waals surface area contributed by atoms with Crippen LogP contribution in [0.1, 0.15) is 24.2 Å². The van der Waals surface area contributed by atoms with Gasteiger partial charge in [0.25, 0.3) is 0 Å². The highest BCUT2D eigenvalue weighted by Crippen LogP contribution is 2.18. The van der Waals surface area contributed by atoms with Gasteiger partial charge in [0.1, 0.15) is 5.75 Å². The maximum Gasteiger partial charge on any atom is 0.119 e. The number of hydrogen-bond donors (Lipinski definition) is 1. The molecule has 2 aromatic rings. The minimum Gasteiger partial charge on any atom is -0.497 e. The van der Waals surface area contributed by atoms with E-state index < -0.39 is 0 Å². The molecule has 0 spiro atoms. The van der Waals surface area contributed by atoms with Crippen molar-refractivity contribution in [3.63, 3.8) is 0 Å². The minimum atomic E-state index is 0.273. The zero-order valence-electron chi connectivity index (χ0n) is 11.1. The first-order valence-corrected chi connectivity index (χ1v) is 6.03. The van der Waals surface area contributed by atoms with Gasteiger partial charge in [-0.2, -0.15) is 0 Å². The Bertz CT molecular complexity index is 507. The van der Waals surface area contributed by atoms with Crippen LogP contribution in [0.25, 0.3) is 0 Å². The topological polar surface area (TPSA) is 39.1 Å². The summed E-state index contributed by atoms with van der Waals surface area (Å²) in [4.78, 5) is 4.10. The zero-order valence-corrected chi connectivity index (χ0v) is 11.1. The van der Waals surface area contributed by atoms with Gasteiger partial charge in [-0.15, -0.1) is 0 Å². The quantitative estimate of drug-likeness (QED) is 0.878. The lowest BCUT2D eigenvalue weighted by molar-refractivity contribution is 0.413. The first kappa shape index (κ1) is 12.6. The number of hydrogen-bond acceptors (Lipinski definition) is 3. The molecule has 0 saturated heterocycles. The fourth-order valence-corrected chi connectivity index (χ4v) is 1.84. The normalized spacial score (nSPS) is 12.4. The van der Waals surface area contributed by atoms with Gasteiger partial charge in [-0.25, -0.2) is 4.98 Å². The number of nitrogens with zero attached hydrogens (tertiary/aromatic N) is 2. The molecule has 18 heavy (non-hydrogen) atoms. The van der Waals surface area contributed by atoms with Gasteiger partial charge in [0.2, 0.25) is 0 Å². The summed E-state index contributed by atoms with van der Waals surface area (Å²) in [6.45, 7) is 2.94. The van der Waals surface area contributed by atoms with Gasteiger partial charge in [-0.1, -0.05) is 12.1 Å². The number of methoxy groups -OCH3 is 1. The molecule has 1 heterocycles. The SMILES string of the molecule is COc1cccc([C@H](C)NCc2cncn2C)c1. The van der Waals surface area contributed by atoms with Crippen molar-refractivity contribution in [1.29, 1.82) is 0 Å². The molecule has 0 saturated carbocycles. The maximum absolute atomic E-state index is 5.23. The molecule has 2 rings (SSSR count). The fraction of sp³-hybridized carbons (Fsp3) is 0.357. The van der Waals surface area contributed by atoms with Gasteiger partial charge < -0.3 is 14.6 Å². The number of imidazole rings is 1. The second-order valence-electron chi connectivity index (χ2n) is 4.38. The van der Waals surface area contributed by atoms with Gasteiger partial charge in [-0.05, 0) is 24.6 Å². The number of aryl methyl sites for hydroxylation is 1. The summed E-state index contributed by atoms with van der Waals surface area (Å²) in [6.07, 6.45) is 3.69.